The van der Waals surface area contributed by atoms with E-state index >= 15 is 0 Å². The van der Waals surface area contributed by atoms with E-state index in [1.165, 1.54) is 205 Å². The fourth-order valence-corrected chi connectivity index (χ4v) is 9.13. The Hall–Kier alpha value is -2.89. The Balaban J connectivity index is 4.21. The Morgan fingerprint density at radius 3 is 0.836 bits per heavy atom. The summed E-state index contributed by atoms with van der Waals surface area (Å²) in [5, 5.41) is 0. The molecular formula is C67H120O6. The van der Waals surface area contributed by atoms with Gasteiger partial charge in [0, 0.05) is 19.3 Å². The molecule has 0 rings (SSSR count). The topological polar surface area (TPSA) is 78.9 Å². The van der Waals surface area contributed by atoms with Gasteiger partial charge in [-0.05, 0) is 103 Å². The van der Waals surface area contributed by atoms with Crippen molar-refractivity contribution in [3.05, 3.63) is 60.8 Å². The number of hydrogen-bond acceptors (Lipinski definition) is 6. The maximum atomic E-state index is 12.9. The number of unbranched alkanes of at least 4 members (excludes halogenated alkanes) is 37. The maximum absolute atomic E-state index is 12.9. The molecule has 6 heteroatoms. The van der Waals surface area contributed by atoms with Gasteiger partial charge in [0.25, 0.3) is 0 Å². The van der Waals surface area contributed by atoms with Crippen LogP contribution in [0.2, 0.25) is 0 Å². The van der Waals surface area contributed by atoms with Gasteiger partial charge in [-0.3, -0.25) is 14.4 Å². The minimum Gasteiger partial charge on any atom is -0.462 e. The first-order valence-corrected chi connectivity index (χ1v) is 31.8. The third-order valence-corrected chi connectivity index (χ3v) is 14.0. The van der Waals surface area contributed by atoms with Crippen LogP contribution in [0, 0.1) is 0 Å². The highest BCUT2D eigenvalue weighted by atomic mass is 16.6. The van der Waals surface area contributed by atoms with Crippen molar-refractivity contribution in [2.24, 2.45) is 0 Å². The van der Waals surface area contributed by atoms with Crippen LogP contribution in [-0.2, 0) is 28.6 Å². The summed E-state index contributed by atoms with van der Waals surface area (Å²) in [6, 6.07) is 0. The lowest BCUT2D eigenvalue weighted by Crippen LogP contribution is -2.30. The van der Waals surface area contributed by atoms with Crippen LogP contribution in [0.5, 0.6) is 0 Å². The highest BCUT2D eigenvalue weighted by molar-refractivity contribution is 5.71. The Bertz CT molecular complexity index is 1310. The zero-order valence-electron chi connectivity index (χ0n) is 48.7. The van der Waals surface area contributed by atoms with E-state index in [9.17, 15) is 14.4 Å². The number of esters is 3. The van der Waals surface area contributed by atoms with E-state index in [1.807, 2.05) is 0 Å². The molecule has 0 saturated heterocycles. The number of carbonyl (C=O) groups excluding carboxylic acids is 3. The second-order valence-corrected chi connectivity index (χ2v) is 21.3. The predicted molar refractivity (Wildman–Crippen MR) is 316 cm³/mol. The number of allylic oxidation sites excluding steroid dienone is 10. The molecule has 0 radical (unpaired) electrons. The quantitative estimate of drug-likeness (QED) is 0.0261. The molecule has 0 aromatic rings. The summed E-state index contributed by atoms with van der Waals surface area (Å²) in [5.74, 6) is -0.882. The Labute approximate surface area is 453 Å². The Kier molecular flexibility index (Phi) is 59.2. The summed E-state index contributed by atoms with van der Waals surface area (Å²) in [6.07, 6.45) is 78.0. The van der Waals surface area contributed by atoms with Crippen molar-refractivity contribution in [1.29, 1.82) is 0 Å². The number of rotatable bonds is 58. The van der Waals surface area contributed by atoms with Gasteiger partial charge in [-0.15, -0.1) is 0 Å². The smallest absolute Gasteiger partial charge is 0.306 e. The van der Waals surface area contributed by atoms with Crippen molar-refractivity contribution >= 4 is 17.9 Å². The zero-order chi connectivity index (χ0) is 52.9. The van der Waals surface area contributed by atoms with Crippen LogP contribution in [0.25, 0.3) is 0 Å². The molecule has 1 unspecified atom stereocenters. The molecule has 0 amide bonds. The third-order valence-electron chi connectivity index (χ3n) is 14.0. The minimum atomic E-state index is -0.781. The van der Waals surface area contributed by atoms with E-state index in [0.29, 0.717) is 19.3 Å². The highest BCUT2D eigenvalue weighted by Gasteiger charge is 2.19. The standard InChI is InChI=1S/C67H120O6/c1-4-7-10-13-16-19-22-24-26-28-29-30-31-32-33-34-35-36-37-39-40-42-45-48-51-54-57-60-66(69)72-63-64(62-71-65(68)59-56-53-50-47-44-21-18-15-12-9-6-3)73-67(70)61-58-55-52-49-46-43-41-38-27-25-23-20-17-14-11-8-5-2/h15,17-18,20,22,24-25,27-29,64H,4-14,16,19,21,23,26,30-63H2,1-3H3/b18-15-,20-17-,24-22-,27-25-,29-28-. The van der Waals surface area contributed by atoms with Gasteiger partial charge in [0.15, 0.2) is 6.10 Å². The van der Waals surface area contributed by atoms with Gasteiger partial charge >= 0.3 is 17.9 Å². The molecule has 0 saturated carbocycles. The number of ether oxygens (including phenoxy) is 3. The van der Waals surface area contributed by atoms with Crippen LogP contribution in [-0.4, -0.2) is 37.2 Å². The van der Waals surface area contributed by atoms with E-state index in [4.69, 9.17) is 14.2 Å². The van der Waals surface area contributed by atoms with E-state index in [1.54, 1.807) is 0 Å². The molecule has 0 bridgehead atoms. The van der Waals surface area contributed by atoms with E-state index in [0.717, 1.165) is 83.5 Å². The largest absolute Gasteiger partial charge is 0.462 e. The summed E-state index contributed by atoms with van der Waals surface area (Å²) in [7, 11) is 0. The highest BCUT2D eigenvalue weighted by Crippen LogP contribution is 2.17. The monoisotopic (exact) mass is 1020 g/mol. The van der Waals surface area contributed by atoms with Gasteiger partial charge in [0.2, 0.25) is 0 Å². The molecule has 0 heterocycles. The van der Waals surface area contributed by atoms with Gasteiger partial charge in [-0.2, -0.15) is 0 Å². The average molecular weight is 1020 g/mol. The minimum absolute atomic E-state index is 0.0781. The first kappa shape index (κ1) is 70.1. The van der Waals surface area contributed by atoms with E-state index < -0.39 is 6.10 Å². The summed E-state index contributed by atoms with van der Waals surface area (Å²) in [6.45, 7) is 6.59. The summed E-state index contributed by atoms with van der Waals surface area (Å²) in [4.78, 5) is 38.2. The fraction of sp³-hybridized carbons (Fsp3) is 0.806. The molecule has 73 heavy (non-hydrogen) atoms. The number of hydrogen-bond donors (Lipinski definition) is 0. The maximum Gasteiger partial charge on any atom is 0.306 e. The van der Waals surface area contributed by atoms with E-state index in [2.05, 4.69) is 81.5 Å². The van der Waals surface area contributed by atoms with Crippen molar-refractivity contribution in [3.63, 3.8) is 0 Å². The average Bonchev–Trinajstić information content (AvgIpc) is 3.39. The van der Waals surface area contributed by atoms with Gasteiger partial charge in [-0.1, -0.05) is 268 Å². The summed E-state index contributed by atoms with van der Waals surface area (Å²) >= 11 is 0. The second-order valence-electron chi connectivity index (χ2n) is 21.3. The van der Waals surface area contributed by atoms with Gasteiger partial charge in [0.1, 0.15) is 13.2 Å². The summed E-state index contributed by atoms with van der Waals surface area (Å²) < 4.78 is 16.9. The van der Waals surface area contributed by atoms with Gasteiger partial charge in [0.05, 0.1) is 0 Å². The lowest BCUT2D eigenvalue weighted by Gasteiger charge is -2.18. The first-order valence-electron chi connectivity index (χ1n) is 31.8. The van der Waals surface area contributed by atoms with Crippen molar-refractivity contribution in [2.75, 3.05) is 13.2 Å². The molecule has 0 aliphatic carbocycles. The third kappa shape index (κ3) is 59.9. The normalized spacial score (nSPS) is 12.4. The molecule has 0 spiro atoms. The zero-order valence-corrected chi connectivity index (χ0v) is 48.7. The fourth-order valence-electron chi connectivity index (χ4n) is 9.13. The molecule has 0 aliphatic rings. The van der Waals surface area contributed by atoms with Crippen molar-refractivity contribution in [1.82, 2.24) is 0 Å². The van der Waals surface area contributed by atoms with Crippen molar-refractivity contribution < 1.29 is 28.6 Å². The molecule has 0 aromatic carbocycles. The molecule has 0 N–H and O–H groups in total. The number of carbonyl (C=O) groups is 3. The SMILES string of the molecule is CCCC/C=C\CCCCCCCC(=O)OCC(COC(=O)CCCCCCCCCCCCCCCCC/C=C\C/C=C\CCCCCCC)OC(=O)CCCCCCCCC/C=C\C/C=C\CCCCC. The molecule has 0 fully saturated rings. The van der Waals surface area contributed by atoms with Crippen LogP contribution in [0.1, 0.15) is 329 Å². The molecule has 424 valence electrons. The van der Waals surface area contributed by atoms with E-state index in [-0.39, 0.29) is 31.1 Å². The Morgan fingerprint density at radius 2 is 0.507 bits per heavy atom. The van der Waals surface area contributed by atoms with Crippen LogP contribution in [0.3, 0.4) is 0 Å². The predicted octanol–water partition coefficient (Wildman–Crippen LogP) is 21.6. The molecule has 0 aliphatic heterocycles. The van der Waals surface area contributed by atoms with Crippen LogP contribution in [0.4, 0.5) is 0 Å². The van der Waals surface area contributed by atoms with Crippen LogP contribution >= 0.6 is 0 Å². The lowest BCUT2D eigenvalue weighted by molar-refractivity contribution is -0.167. The molecule has 0 aromatic heterocycles. The van der Waals surface area contributed by atoms with Crippen LogP contribution < -0.4 is 0 Å². The van der Waals surface area contributed by atoms with Crippen LogP contribution in [0.15, 0.2) is 60.8 Å². The lowest BCUT2D eigenvalue weighted by atomic mass is 10.0. The van der Waals surface area contributed by atoms with Gasteiger partial charge in [-0.25, -0.2) is 0 Å². The van der Waals surface area contributed by atoms with Crippen molar-refractivity contribution in [3.8, 4) is 0 Å². The molecule has 1 atom stereocenters. The first-order chi connectivity index (χ1) is 36.0. The molecular weight excluding hydrogens is 901 g/mol. The second kappa shape index (κ2) is 61.7. The Morgan fingerprint density at radius 1 is 0.274 bits per heavy atom. The van der Waals surface area contributed by atoms with Crippen molar-refractivity contribution in [2.45, 2.75) is 335 Å². The van der Waals surface area contributed by atoms with Gasteiger partial charge < -0.3 is 14.2 Å². The molecule has 6 nitrogen and oxygen atoms in total. The summed E-state index contributed by atoms with van der Waals surface area (Å²) in [5.41, 5.74) is 0.